The minimum Gasteiger partial charge on any atom is -0.491 e. The molecule has 2 aromatic carbocycles. The lowest BCUT2D eigenvalue weighted by Gasteiger charge is -2.09. The number of aliphatic imine (C=N–C) groups is 1. The Morgan fingerprint density at radius 3 is 2.60 bits per heavy atom. The van der Waals surface area contributed by atoms with Gasteiger partial charge < -0.3 is 20.5 Å². The lowest BCUT2D eigenvalue weighted by atomic mass is 10.1. The Bertz CT molecular complexity index is 705. The molecule has 6 heteroatoms. The van der Waals surface area contributed by atoms with E-state index in [9.17, 15) is 0 Å². The number of rotatable bonds is 7. The van der Waals surface area contributed by atoms with Crippen LogP contribution in [-0.4, -0.2) is 26.3 Å². The van der Waals surface area contributed by atoms with Crippen molar-refractivity contribution in [3.63, 3.8) is 0 Å². The molecule has 0 saturated carbocycles. The number of hydrogen-bond acceptors (Lipinski definition) is 3. The van der Waals surface area contributed by atoms with Crippen molar-refractivity contribution in [3.05, 3.63) is 59.2 Å². The van der Waals surface area contributed by atoms with Crippen LogP contribution in [0.2, 0.25) is 0 Å². The Hall–Kier alpha value is -1.80. The summed E-state index contributed by atoms with van der Waals surface area (Å²) in [6.07, 6.45) is 0. The van der Waals surface area contributed by atoms with Crippen LogP contribution >= 0.6 is 24.0 Å². The first-order valence-electron chi connectivity index (χ1n) is 7.93. The summed E-state index contributed by atoms with van der Waals surface area (Å²) in [7, 11) is 1.65. The number of nitrogens with two attached hydrogens (primary N) is 1. The van der Waals surface area contributed by atoms with Crippen molar-refractivity contribution < 1.29 is 9.47 Å². The van der Waals surface area contributed by atoms with Gasteiger partial charge in [-0.1, -0.05) is 18.2 Å². The Morgan fingerprint density at radius 2 is 1.88 bits per heavy atom. The Balaban J connectivity index is 0.00000312. The van der Waals surface area contributed by atoms with E-state index in [1.165, 1.54) is 11.1 Å². The molecule has 25 heavy (non-hydrogen) atoms. The fourth-order valence-electron chi connectivity index (χ4n) is 2.16. The Labute approximate surface area is 166 Å². The number of aryl methyl sites for hydroxylation is 2. The SMILES string of the molecule is COCCOc1cccc(CN=C(N)Nc2ccc(C)c(C)c2)c1.I. The summed E-state index contributed by atoms with van der Waals surface area (Å²) in [5.74, 6) is 1.20. The maximum Gasteiger partial charge on any atom is 0.193 e. The first-order chi connectivity index (χ1) is 11.6. The normalized spacial score (nSPS) is 10.9. The number of anilines is 1. The zero-order valence-electron chi connectivity index (χ0n) is 14.9. The van der Waals surface area contributed by atoms with Gasteiger partial charge in [0.15, 0.2) is 5.96 Å². The van der Waals surface area contributed by atoms with Crippen LogP contribution in [0.5, 0.6) is 5.75 Å². The molecule has 136 valence electrons. The van der Waals surface area contributed by atoms with Crippen molar-refractivity contribution in [3.8, 4) is 5.75 Å². The molecule has 0 radical (unpaired) electrons. The second-order valence-corrected chi connectivity index (χ2v) is 5.61. The van der Waals surface area contributed by atoms with Crippen LogP contribution in [0.4, 0.5) is 5.69 Å². The van der Waals surface area contributed by atoms with E-state index in [-0.39, 0.29) is 24.0 Å². The number of hydrogen-bond donors (Lipinski definition) is 2. The molecule has 0 amide bonds. The van der Waals surface area contributed by atoms with Crippen molar-refractivity contribution in [1.29, 1.82) is 0 Å². The first-order valence-corrected chi connectivity index (χ1v) is 7.93. The zero-order chi connectivity index (χ0) is 17.4. The van der Waals surface area contributed by atoms with E-state index >= 15 is 0 Å². The summed E-state index contributed by atoms with van der Waals surface area (Å²) in [6.45, 7) is 5.74. The van der Waals surface area contributed by atoms with Crippen LogP contribution in [0.1, 0.15) is 16.7 Å². The van der Waals surface area contributed by atoms with Crippen LogP contribution in [-0.2, 0) is 11.3 Å². The maximum atomic E-state index is 5.97. The third kappa shape index (κ3) is 7.31. The van der Waals surface area contributed by atoms with Gasteiger partial charge in [-0.2, -0.15) is 0 Å². The molecular formula is C19H26IN3O2. The van der Waals surface area contributed by atoms with Crippen molar-refractivity contribution in [2.75, 3.05) is 25.6 Å². The monoisotopic (exact) mass is 455 g/mol. The van der Waals surface area contributed by atoms with E-state index in [1.54, 1.807) is 7.11 Å². The highest BCUT2D eigenvalue weighted by molar-refractivity contribution is 14.0. The highest BCUT2D eigenvalue weighted by Gasteiger charge is 2.00. The molecule has 0 saturated heterocycles. The van der Waals surface area contributed by atoms with Crippen LogP contribution < -0.4 is 15.8 Å². The van der Waals surface area contributed by atoms with E-state index in [2.05, 4.69) is 36.3 Å². The highest BCUT2D eigenvalue weighted by atomic mass is 127. The van der Waals surface area contributed by atoms with E-state index in [0.717, 1.165) is 17.0 Å². The second kappa shape index (κ2) is 10.9. The maximum absolute atomic E-state index is 5.97. The van der Waals surface area contributed by atoms with E-state index in [1.807, 2.05) is 30.3 Å². The number of nitrogens with zero attached hydrogens (tertiary/aromatic N) is 1. The fourth-order valence-corrected chi connectivity index (χ4v) is 2.16. The number of nitrogens with one attached hydrogen (secondary N) is 1. The van der Waals surface area contributed by atoms with Crippen molar-refractivity contribution in [1.82, 2.24) is 0 Å². The van der Waals surface area contributed by atoms with Crippen molar-refractivity contribution in [2.24, 2.45) is 10.7 Å². The minimum absolute atomic E-state index is 0. The summed E-state index contributed by atoms with van der Waals surface area (Å²) in [5, 5.41) is 3.12. The third-order valence-corrected chi connectivity index (χ3v) is 3.67. The summed E-state index contributed by atoms with van der Waals surface area (Å²) in [4.78, 5) is 4.38. The van der Waals surface area contributed by atoms with Gasteiger partial charge in [0, 0.05) is 12.8 Å². The molecule has 0 aromatic heterocycles. The summed E-state index contributed by atoms with van der Waals surface area (Å²) >= 11 is 0. The molecule has 0 aliphatic rings. The average Bonchev–Trinajstić information content (AvgIpc) is 2.57. The van der Waals surface area contributed by atoms with Crippen molar-refractivity contribution >= 4 is 35.6 Å². The summed E-state index contributed by atoms with van der Waals surface area (Å²) in [5.41, 5.74) is 10.4. The highest BCUT2D eigenvalue weighted by Crippen LogP contribution is 2.15. The predicted molar refractivity (Wildman–Crippen MR) is 114 cm³/mol. The van der Waals surface area contributed by atoms with Crippen molar-refractivity contribution in [2.45, 2.75) is 20.4 Å². The molecule has 0 fully saturated rings. The quantitative estimate of drug-likeness (QED) is 0.288. The van der Waals surface area contributed by atoms with Gasteiger partial charge in [-0.25, -0.2) is 4.99 Å². The molecule has 0 aliphatic carbocycles. The van der Waals surface area contributed by atoms with Crippen LogP contribution in [0.3, 0.4) is 0 Å². The van der Waals surface area contributed by atoms with E-state index in [4.69, 9.17) is 15.2 Å². The van der Waals surface area contributed by atoms with Crippen LogP contribution in [0, 0.1) is 13.8 Å². The van der Waals surface area contributed by atoms with Gasteiger partial charge in [0.1, 0.15) is 12.4 Å². The lowest BCUT2D eigenvalue weighted by Crippen LogP contribution is -2.22. The molecule has 0 bridgehead atoms. The Morgan fingerprint density at radius 1 is 1.08 bits per heavy atom. The second-order valence-electron chi connectivity index (χ2n) is 5.61. The fraction of sp³-hybridized carbons (Fsp3) is 0.316. The Kier molecular flexibility index (Phi) is 9.30. The van der Waals surface area contributed by atoms with Gasteiger partial charge in [0.05, 0.1) is 13.2 Å². The smallest absolute Gasteiger partial charge is 0.193 e. The molecular weight excluding hydrogens is 429 g/mol. The molecule has 0 spiro atoms. The molecule has 2 rings (SSSR count). The van der Waals surface area contributed by atoms with E-state index < -0.39 is 0 Å². The van der Waals surface area contributed by atoms with Gasteiger partial charge >= 0.3 is 0 Å². The number of benzene rings is 2. The number of halogens is 1. The summed E-state index contributed by atoms with van der Waals surface area (Å²) < 4.78 is 10.6. The predicted octanol–water partition coefficient (Wildman–Crippen LogP) is 3.87. The topological polar surface area (TPSA) is 68.9 Å². The van der Waals surface area contributed by atoms with E-state index in [0.29, 0.717) is 25.7 Å². The van der Waals surface area contributed by atoms with Gasteiger partial charge in [-0.3, -0.25) is 0 Å². The standard InChI is InChI=1S/C19H25N3O2.HI/c1-14-7-8-17(11-15(14)2)22-19(20)21-13-16-5-4-6-18(12-16)24-10-9-23-3;/h4-8,11-12H,9-10,13H2,1-3H3,(H3,20,21,22);1H. The number of ether oxygens (including phenoxy) is 2. The van der Waals surface area contributed by atoms with Gasteiger partial charge in [0.25, 0.3) is 0 Å². The zero-order valence-corrected chi connectivity index (χ0v) is 17.2. The summed E-state index contributed by atoms with van der Waals surface area (Å²) in [6, 6.07) is 13.9. The number of guanidine groups is 1. The minimum atomic E-state index is 0. The van der Waals surface area contributed by atoms with Crippen LogP contribution in [0.15, 0.2) is 47.5 Å². The molecule has 3 N–H and O–H groups in total. The lowest BCUT2D eigenvalue weighted by molar-refractivity contribution is 0.146. The largest absolute Gasteiger partial charge is 0.491 e. The first kappa shape index (κ1) is 21.2. The van der Waals surface area contributed by atoms with Crippen LogP contribution in [0.25, 0.3) is 0 Å². The molecule has 0 heterocycles. The average molecular weight is 455 g/mol. The van der Waals surface area contributed by atoms with Gasteiger partial charge in [0.2, 0.25) is 0 Å². The number of methoxy groups -OCH3 is 1. The molecule has 0 atom stereocenters. The molecule has 2 aromatic rings. The molecule has 0 unspecified atom stereocenters. The van der Waals surface area contributed by atoms with Gasteiger partial charge in [-0.05, 0) is 54.8 Å². The molecule has 5 nitrogen and oxygen atoms in total. The molecule has 0 aliphatic heterocycles. The third-order valence-electron chi connectivity index (χ3n) is 3.67. The van der Waals surface area contributed by atoms with Gasteiger partial charge in [-0.15, -0.1) is 24.0 Å².